The van der Waals surface area contributed by atoms with Crippen molar-refractivity contribution >= 4 is 28.7 Å². The summed E-state index contributed by atoms with van der Waals surface area (Å²) in [6.07, 6.45) is 10.2. The number of benzene rings is 2. The monoisotopic (exact) mass is 610 g/mol. The third kappa shape index (κ3) is 6.07. The first kappa shape index (κ1) is 29.8. The third-order valence-electron chi connectivity index (χ3n) is 10.8. The number of nitrogens with zero attached hydrogens (tertiary/aromatic N) is 2. The number of para-hydroxylation sites is 1. The maximum Gasteiger partial charge on any atom is 0.315 e. The van der Waals surface area contributed by atoms with Crippen LogP contribution in [0, 0.1) is 0 Å². The standard InChI is InChI=1S/C36H46N6O3/c43-33(41-17-6-1-7-18-41)29-22-36(30-12-4-2-11-28(29)30)14-19-42(20-15-36)34(44)32(40-35(45)39-26-9-8-16-37-24-26)21-25-23-38-31-13-5-3-10-27(25)31/h2-5,10-13,23,26,29,32,37-38H,1,6-9,14-22,24H2,(H2,39,40,45)/t26-,29-,32-/m1/s1. The summed E-state index contributed by atoms with van der Waals surface area (Å²) in [6, 6.07) is 15.7. The van der Waals surface area contributed by atoms with Gasteiger partial charge in [-0.1, -0.05) is 42.5 Å². The van der Waals surface area contributed by atoms with Gasteiger partial charge in [0.15, 0.2) is 0 Å². The molecular weight excluding hydrogens is 564 g/mol. The van der Waals surface area contributed by atoms with Crippen LogP contribution in [0.4, 0.5) is 4.79 Å². The number of urea groups is 1. The molecule has 4 N–H and O–H groups in total. The molecule has 2 aromatic carbocycles. The van der Waals surface area contributed by atoms with Crippen LogP contribution in [0.2, 0.25) is 0 Å². The van der Waals surface area contributed by atoms with Crippen LogP contribution >= 0.6 is 0 Å². The van der Waals surface area contributed by atoms with E-state index in [0.29, 0.717) is 19.5 Å². The van der Waals surface area contributed by atoms with Crippen molar-refractivity contribution in [3.63, 3.8) is 0 Å². The molecule has 9 nitrogen and oxygen atoms in total. The quantitative estimate of drug-likeness (QED) is 0.336. The van der Waals surface area contributed by atoms with Crippen molar-refractivity contribution in [3.05, 3.63) is 71.4 Å². The molecule has 4 heterocycles. The lowest BCUT2D eigenvalue weighted by molar-refractivity contribution is -0.136. The fourth-order valence-electron chi connectivity index (χ4n) is 8.38. The van der Waals surface area contributed by atoms with Gasteiger partial charge < -0.3 is 30.7 Å². The van der Waals surface area contributed by atoms with E-state index < -0.39 is 6.04 Å². The number of hydrogen-bond donors (Lipinski definition) is 4. The molecule has 3 aliphatic heterocycles. The Bertz CT molecular complexity index is 1530. The minimum atomic E-state index is -0.681. The van der Waals surface area contributed by atoms with Crippen molar-refractivity contribution in [3.8, 4) is 0 Å². The average Bonchev–Trinajstić information content (AvgIpc) is 3.64. The number of likely N-dealkylation sites (tertiary alicyclic amines) is 2. The van der Waals surface area contributed by atoms with Gasteiger partial charge in [-0.25, -0.2) is 4.79 Å². The van der Waals surface area contributed by atoms with Crippen molar-refractivity contribution in [2.75, 3.05) is 39.3 Å². The molecule has 1 spiro atoms. The maximum absolute atomic E-state index is 14.2. The van der Waals surface area contributed by atoms with Crippen molar-refractivity contribution in [1.82, 2.24) is 30.7 Å². The number of aromatic nitrogens is 1. The summed E-state index contributed by atoms with van der Waals surface area (Å²) in [7, 11) is 0. The van der Waals surface area contributed by atoms with Gasteiger partial charge in [-0.3, -0.25) is 9.59 Å². The molecule has 3 fully saturated rings. The lowest BCUT2D eigenvalue weighted by Crippen LogP contribution is -2.57. The molecule has 238 valence electrons. The smallest absolute Gasteiger partial charge is 0.315 e. The van der Waals surface area contributed by atoms with Crippen LogP contribution < -0.4 is 16.0 Å². The van der Waals surface area contributed by atoms with Gasteiger partial charge in [-0.15, -0.1) is 0 Å². The van der Waals surface area contributed by atoms with Gasteiger partial charge in [0.05, 0.1) is 5.92 Å². The molecule has 3 aromatic rings. The predicted octanol–water partition coefficient (Wildman–Crippen LogP) is 4.19. The molecule has 9 heteroatoms. The number of carbonyl (C=O) groups is 3. The number of carbonyl (C=O) groups excluding carboxylic acids is 3. The van der Waals surface area contributed by atoms with Gasteiger partial charge in [0.2, 0.25) is 11.8 Å². The fourth-order valence-corrected chi connectivity index (χ4v) is 8.38. The molecule has 1 aromatic heterocycles. The SMILES string of the molecule is O=C(N[C@@H]1CCCNC1)N[C@H](Cc1c[nH]c2ccccc12)C(=O)N1CCC2(CC1)C[C@@H](C(=O)N1CCCCC1)c1ccccc12. The second kappa shape index (κ2) is 12.9. The zero-order valence-corrected chi connectivity index (χ0v) is 26.2. The normalized spacial score (nSPS) is 23.5. The van der Waals surface area contributed by atoms with Crippen LogP contribution in [0.1, 0.15) is 74.0 Å². The molecule has 45 heavy (non-hydrogen) atoms. The van der Waals surface area contributed by atoms with Crippen LogP contribution in [0.25, 0.3) is 10.9 Å². The van der Waals surface area contributed by atoms with Crippen LogP contribution in [-0.4, -0.2) is 84.0 Å². The number of fused-ring (bicyclic) bond motifs is 3. The highest BCUT2D eigenvalue weighted by atomic mass is 16.2. The van der Waals surface area contributed by atoms with Gasteiger partial charge in [0, 0.05) is 67.7 Å². The number of nitrogens with one attached hydrogen (secondary N) is 4. The summed E-state index contributed by atoms with van der Waals surface area (Å²) in [5.74, 6) is 0.134. The highest BCUT2D eigenvalue weighted by Crippen LogP contribution is 2.52. The van der Waals surface area contributed by atoms with E-state index in [2.05, 4.69) is 56.2 Å². The summed E-state index contributed by atoms with van der Waals surface area (Å²) in [5.41, 5.74) is 4.40. The predicted molar refractivity (Wildman–Crippen MR) is 175 cm³/mol. The van der Waals surface area contributed by atoms with Gasteiger partial charge in [0.25, 0.3) is 0 Å². The van der Waals surface area contributed by atoms with Crippen molar-refractivity contribution in [2.45, 2.75) is 81.2 Å². The summed E-state index contributed by atoms with van der Waals surface area (Å²) in [4.78, 5) is 48.5. The number of piperidine rings is 3. The molecule has 0 radical (unpaired) electrons. The minimum Gasteiger partial charge on any atom is -0.361 e. The molecule has 4 amide bonds. The van der Waals surface area contributed by atoms with Gasteiger partial charge in [-0.05, 0) is 80.7 Å². The fraction of sp³-hybridized carbons (Fsp3) is 0.528. The summed E-state index contributed by atoms with van der Waals surface area (Å²) in [6.45, 7) is 4.65. The minimum absolute atomic E-state index is 0.0423. The van der Waals surface area contributed by atoms with Crippen molar-refractivity contribution in [2.24, 2.45) is 0 Å². The highest BCUT2D eigenvalue weighted by molar-refractivity contribution is 5.90. The lowest BCUT2D eigenvalue weighted by atomic mass is 9.73. The topological polar surface area (TPSA) is 110 Å². The average molecular weight is 611 g/mol. The molecule has 1 aliphatic carbocycles. The summed E-state index contributed by atoms with van der Waals surface area (Å²) >= 11 is 0. The Labute approximate surface area is 265 Å². The van der Waals surface area contributed by atoms with Gasteiger partial charge >= 0.3 is 6.03 Å². The van der Waals surface area contributed by atoms with E-state index >= 15 is 0 Å². The lowest BCUT2D eigenvalue weighted by Gasteiger charge is -2.41. The Morgan fingerprint density at radius 1 is 0.911 bits per heavy atom. The van der Waals surface area contributed by atoms with Crippen LogP contribution in [0.3, 0.4) is 0 Å². The maximum atomic E-state index is 14.2. The van der Waals surface area contributed by atoms with Crippen molar-refractivity contribution in [1.29, 1.82) is 0 Å². The number of amides is 4. The first-order valence-electron chi connectivity index (χ1n) is 17.0. The van der Waals surface area contributed by atoms with E-state index in [0.717, 1.165) is 87.6 Å². The van der Waals surface area contributed by atoms with Gasteiger partial charge in [0.1, 0.15) is 6.04 Å². The zero-order chi connectivity index (χ0) is 30.8. The Morgan fingerprint density at radius 2 is 1.69 bits per heavy atom. The van der Waals surface area contributed by atoms with E-state index in [1.807, 2.05) is 29.3 Å². The van der Waals surface area contributed by atoms with Crippen LogP contribution in [0.5, 0.6) is 0 Å². The molecule has 0 bridgehead atoms. The van der Waals surface area contributed by atoms with Crippen LogP contribution in [-0.2, 0) is 21.4 Å². The van der Waals surface area contributed by atoms with E-state index in [9.17, 15) is 14.4 Å². The second-order valence-electron chi connectivity index (χ2n) is 13.6. The summed E-state index contributed by atoms with van der Waals surface area (Å²) in [5, 5.41) is 10.6. The van der Waals surface area contributed by atoms with Crippen LogP contribution in [0.15, 0.2) is 54.7 Å². The van der Waals surface area contributed by atoms with E-state index in [-0.39, 0.29) is 35.2 Å². The third-order valence-corrected chi connectivity index (χ3v) is 10.8. The highest BCUT2D eigenvalue weighted by Gasteiger charge is 2.49. The second-order valence-corrected chi connectivity index (χ2v) is 13.6. The molecule has 3 atom stereocenters. The zero-order valence-electron chi connectivity index (χ0n) is 26.2. The Balaban J connectivity index is 1.07. The largest absolute Gasteiger partial charge is 0.361 e. The number of rotatable bonds is 6. The number of aromatic amines is 1. The molecule has 4 aliphatic rings. The Hall–Kier alpha value is -3.85. The molecule has 0 saturated carbocycles. The molecule has 7 rings (SSSR count). The van der Waals surface area contributed by atoms with Crippen molar-refractivity contribution < 1.29 is 14.4 Å². The summed E-state index contributed by atoms with van der Waals surface area (Å²) < 4.78 is 0. The van der Waals surface area contributed by atoms with E-state index in [4.69, 9.17) is 0 Å². The molecular formula is C36H46N6O3. The Morgan fingerprint density at radius 3 is 2.49 bits per heavy atom. The molecule has 0 unspecified atom stereocenters. The van der Waals surface area contributed by atoms with E-state index in [1.54, 1.807) is 0 Å². The Kier molecular flexibility index (Phi) is 8.53. The number of hydrogen-bond acceptors (Lipinski definition) is 4. The first-order valence-corrected chi connectivity index (χ1v) is 17.0. The number of H-pyrrole nitrogens is 1. The first-order chi connectivity index (χ1) is 22.0. The molecule has 3 saturated heterocycles. The van der Waals surface area contributed by atoms with Gasteiger partial charge in [-0.2, -0.15) is 0 Å². The van der Waals surface area contributed by atoms with E-state index in [1.165, 1.54) is 17.5 Å².